The smallest absolute Gasteiger partial charge is 0.233 e. The van der Waals surface area contributed by atoms with Crippen molar-refractivity contribution in [3.05, 3.63) is 36.9 Å². The van der Waals surface area contributed by atoms with Gasteiger partial charge in [0.1, 0.15) is 5.75 Å². The van der Waals surface area contributed by atoms with E-state index in [1.807, 2.05) is 0 Å². The molecule has 1 aliphatic rings. The van der Waals surface area contributed by atoms with E-state index in [2.05, 4.69) is 12.5 Å². The summed E-state index contributed by atoms with van der Waals surface area (Å²) in [6.07, 6.45) is 7.06. The second kappa shape index (κ2) is 6.47. The van der Waals surface area contributed by atoms with Crippen LogP contribution in [-0.4, -0.2) is 30.3 Å². The number of aliphatic hydroxyl groups excluding tert-OH is 1. The highest BCUT2D eigenvalue weighted by molar-refractivity contribution is 6.03. The van der Waals surface area contributed by atoms with Gasteiger partial charge in [-0.05, 0) is 30.7 Å². The minimum atomic E-state index is -0.666. The lowest BCUT2D eigenvalue weighted by atomic mass is 9.80. The Morgan fingerprint density at radius 1 is 1.52 bits per heavy atom. The van der Waals surface area contributed by atoms with Crippen LogP contribution in [0.4, 0.5) is 5.69 Å². The van der Waals surface area contributed by atoms with Crippen molar-refractivity contribution in [2.45, 2.75) is 25.0 Å². The van der Waals surface area contributed by atoms with Crippen molar-refractivity contribution in [2.24, 2.45) is 5.92 Å². The maximum absolute atomic E-state index is 12.3. The molecule has 1 aromatic carbocycles. The number of aliphatic hydroxyl groups is 1. The molecule has 0 unspecified atom stereocenters. The molecule has 4 heteroatoms. The van der Waals surface area contributed by atoms with Gasteiger partial charge in [0.15, 0.2) is 0 Å². The Labute approximate surface area is 125 Å². The predicted molar refractivity (Wildman–Crippen MR) is 82.0 cm³/mol. The lowest BCUT2D eigenvalue weighted by Gasteiger charge is -2.48. The Morgan fingerprint density at radius 2 is 2.19 bits per heavy atom. The van der Waals surface area contributed by atoms with Crippen molar-refractivity contribution in [3.8, 4) is 18.1 Å². The summed E-state index contributed by atoms with van der Waals surface area (Å²) in [5.74, 6) is 2.85. The van der Waals surface area contributed by atoms with Crippen molar-refractivity contribution in [1.29, 1.82) is 0 Å². The molecule has 2 rings (SSSR count). The van der Waals surface area contributed by atoms with E-state index >= 15 is 0 Å². The molecule has 3 atom stereocenters. The van der Waals surface area contributed by atoms with Gasteiger partial charge < -0.3 is 14.7 Å². The topological polar surface area (TPSA) is 49.8 Å². The monoisotopic (exact) mass is 285 g/mol. The van der Waals surface area contributed by atoms with Gasteiger partial charge in [0.25, 0.3) is 0 Å². The van der Waals surface area contributed by atoms with E-state index in [0.717, 1.165) is 11.4 Å². The van der Waals surface area contributed by atoms with Crippen LogP contribution in [0.3, 0.4) is 0 Å². The zero-order chi connectivity index (χ0) is 15.4. The summed E-state index contributed by atoms with van der Waals surface area (Å²) in [7, 11) is 1.59. The molecule has 110 valence electrons. The zero-order valence-corrected chi connectivity index (χ0v) is 12.0. The fourth-order valence-corrected chi connectivity index (χ4v) is 2.70. The Balaban J connectivity index is 2.25. The summed E-state index contributed by atoms with van der Waals surface area (Å²) >= 11 is 0. The SMILES string of the molecule is C#CC[C@H]1C(=O)N(c2ccc(OC)cc2)[C@H]1[C@H](O)CC=C. The molecule has 1 aromatic rings. The highest BCUT2D eigenvalue weighted by Crippen LogP contribution is 2.37. The molecule has 1 aliphatic heterocycles. The quantitative estimate of drug-likeness (QED) is 0.494. The van der Waals surface area contributed by atoms with E-state index in [1.54, 1.807) is 42.4 Å². The summed E-state index contributed by atoms with van der Waals surface area (Å²) in [6.45, 7) is 3.63. The molecule has 0 aromatic heterocycles. The highest BCUT2D eigenvalue weighted by atomic mass is 16.5. The molecule has 0 radical (unpaired) electrons. The van der Waals surface area contributed by atoms with Gasteiger partial charge in [0.2, 0.25) is 5.91 Å². The molecule has 1 N–H and O–H groups in total. The van der Waals surface area contributed by atoms with Crippen LogP contribution in [0.5, 0.6) is 5.75 Å². The number of benzene rings is 1. The van der Waals surface area contributed by atoms with E-state index in [4.69, 9.17) is 11.2 Å². The third kappa shape index (κ3) is 2.79. The number of anilines is 1. The number of hydrogen-bond acceptors (Lipinski definition) is 3. The van der Waals surface area contributed by atoms with Crippen LogP contribution in [-0.2, 0) is 4.79 Å². The van der Waals surface area contributed by atoms with Crippen LogP contribution in [0, 0.1) is 18.3 Å². The average molecular weight is 285 g/mol. The standard InChI is InChI=1S/C17H19NO3/c1-4-6-14-16(15(19)7-5-2)18(17(14)20)12-8-10-13(21-3)11-9-12/h1,5,8-11,14-16,19H,2,6-7H2,3H3/t14-,15-,16-/m1/s1. The van der Waals surface area contributed by atoms with Crippen LogP contribution in [0.25, 0.3) is 0 Å². The number of terminal acetylenes is 1. The van der Waals surface area contributed by atoms with Crippen molar-refractivity contribution in [2.75, 3.05) is 12.0 Å². The fraction of sp³-hybridized carbons (Fsp3) is 0.353. The summed E-state index contributed by atoms with van der Waals surface area (Å²) in [5.41, 5.74) is 0.738. The number of methoxy groups -OCH3 is 1. The number of β-lactam (4-membered cyclic amide) rings is 1. The second-order valence-electron chi connectivity index (χ2n) is 5.00. The Bertz CT molecular complexity index is 558. The van der Waals surface area contributed by atoms with E-state index in [9.17, 15) is 9.90 Å². The maximum atomic E-state index is 12.3. The Kier molecular flexibility index (Phi) is 4.66. The first-order valence-electron chi connectivity index (χ1n) is 6.83. The lowest BCUT2D eigenvalue weighted by molar-refractivity contribution is -0.133. The zero-order valence-electron chi connectivity index (χ0n) is 12.0. The van der Waals surface area contributed by atoms with Crippen molar-refractivity contribution >= 4 is 11.6 Å². The van der Waals surface area contributed by atoms with Crippen LogP contribution >= 0.6 is 0 Å². The highest BCUT2D eigenvalue weighted by Gasteiger charge is 2.50. The molecular formula is C17H19NO3. The lowest BCUT2D eigenvalue weighted by Crippen LogP contribution is -2.65. The fourth-order valence-electron chi connectivity index (χ4n) is 2.70. The molecule has 0 saturated carbocycles. The van der Waals surface area contributed by atoms with Gasteiger partial charge in [-0.2, -0.15) is 0 Å². The van der Waals surface area contributed by atoms with Crippen molar-refractivity contribution in [3.63, 3.8) is 0 Å². The summed E-state index contributed by atoms with van der Waals surface area (Å²) in [5, 5.41) is 10.3. The van der Waals surface area contributed by atoms with Gasteiger partial charge in [-0.25, -0.2) is 0 Å². The summed E-state index contributed by atoms with van der Waals surface area (Å²) in [6, 6.07) is 6.87. The van der Waals surface area contributed by atoms with E-state index < -0.39 is 6.10 Å². The molecule has 0 aliphatic carbocycles. The maximum Gasteiger partial charge on any atom is 0.233 e. The Morgan fingerprint density at radius 3 is 2.71 bits per heavy atom. The molecule has 0 spiro atoms. The number of amides is 1. The Hall–Kier alpha value is -2.25. The number of ether oxygens (including phenoxy) is 1. The predicted octanol–water partition coefficient (Wildman–Crippen LogP) is 1.99. The first-order valence-corrected chi connectivity index (χ1v) is 6.83. The minimum absolute atomic E-state index is 0.0498. The van der Waals surface area contributed by atoms with Gasteiger partial charge in [0, 0.05) is 12.1 Å². The molecular weight excluding hydrogens is 266 g/mol. The van der Waals surface area contributed by atoms with Gasteiger partial charge in [-0.1, -0.05) is 6.08 Å². The normalized spacial score (nSPS) is 22.1. The van der Waals surface area contributed by atoms with Crippen LogP contribution in [0.1, 0.15) is 12.8 Å². The van der Waals surface area contributed by atoms with Crippen molar-refractivity contribution < 1.29 is 14.6 Å². The van der Waals surface area contributed by atoms with Crippen LogP contribution in [0.2, 0.25) is 0 Å². The molecule has 0 bridgehead atoms. The second-order valence-corrected chi connectivity index (χ2v) is 5.00. The third-order valence-corrected chi connectivity index (χ3v) is 3.76. The number of nitrogens with zero attached hydrogens (tertiary/aromatic N) is 1. The first kappa shape index (κ1) is 15.1. The van der Waals surface area contributed by atoms with Gasteiger partial charge >= 0.3 is 0 Å². The number of carbonyl (C=O) groups is 1. The van der Waals surface area contributed by atoms with E-state index in [-0.39, 0.29) is 17.9 Å². The van der Waals surface area contributed by atoms with E-state index in [1.165, 1.54) is 0 Å². The summed E-state index contributed by atoms with van der Waals surface area (Å²) < 4.78 is 5.11. The first-order chi connectivity index (χ1) is 10.1. The van der Waals surface area contributed by atoms with Gasteiger partial charge in [-0.3, -0.25) is 4.79 Å². The van der Waals surface area contributed by atoms with Gasteiger partial charge in [-0.15, -0.1) is 18.9 Å². The molecule has 21 heavy (non-hydrogen) atoms. The van der Waals surface area contributed by atoms with Crippen LogP contribution in [0.15, 0.2) is 36.9 Å². The van der Waals surface area contributed by atoms with E-state index in [0.29, 0.717) is 12.8 Å². The summed E-state index contributed by atoms with van der Waals surface area (Å²) in [4.78, 5) is 13.9. The molecule has 1 fully saturated rings. The third-order valence-electron chi connectivity index (χ3n) is 3.76. The number of carbonyl (C=O) groups excluding carboxylic acids is 1. The molecule has 1 saturated heterocycles. The molecule has 1 amide bonds. The molecule has 1 heterocycles. The average Bonchev–Trinajstić information content (AvgIpc) is 2.50. The van der Waals surface area contributed by atoms with Crippen LogP contribution < -0.4 is 9.64 Å². The van der Waals surface area contributed by atoms with Crippen molar-refractivity contribution in [1.82, 2.24) is 0 Å². The largest absolute Gasteiger partial charge is 0.497 e. The van der Waals surface area contributed by atoms with Gasteiger partial charge in [0.05, 0.1) is 25.2 Å². The molecule has 4 nitrogen and oxygen atoms in total. The minimum Gasteiger partial charge on any atom is -0.497 e. The number of hydrogen-bond donors (Lipinski definition) is 1. The number of rotatable bonds is 6.